The average Bonchev–Trinajstić information content (AvgIpc) is 3.75. The van der Waals surface area contributed by atoms with Crippen LogP contribution in [-0.4, -0.2) is 36.4 Å². The number of nitrogens with one attached hydrogen (secondary N) is 2. The monoisotopic (exact) mass is 632 g/mol. The third kappa shape index (κ3) is 6.93. The number of rotatable bonds is 12. The lowest BCUT2D eigenvalue weighted by molar-refractivity contribution is 0.0926. The first-order valence-electron chi connectivity index (χ1n) is 16.3. The van der Waals surface area contributed by atoms with E-state index in [9.17, 15) is 9.59 Å². The molecule has 3 heterocycles. The minimum Gasteiger partial charge on any atom is -0.361 e. The van der Waals surface area contributed by atoms with Gasteiger partial charge in [0.15, 0.2) is 11.6 Å². The summed E-state index contributed by atoms with van der Waals surface area (Å²) in [6.45, 7) is 0.513. The highest BCUT2D eigenvalue weighted by Crippen LogP contribution is 2.27. The molecule has 0 fully saturated rings. The van der Waals surface area contributed by atoms with Crippen LogP contribution < -0.4 is 5.32 Å². The molecule has 3 aromatic heterocycles. The predicted molar refractivity (Wildman–Crippen MR) is 186 cm³/mol. The zero-order valence-corrected chi connectivity index (χ0v) is 26.5. The van der Waals surface area contributed by atoms with Crippen LogP contribution in [0.2, 0.25) is 0 Å². The molecule has 1 amide bonds. The SMILES string of the molecule is O=C(N[C@H](Cc1c[nH]c2ccccc12)c1nnc(CCc2ccccc2)n1CC1=CCC(C(=O)c2ccccc2)C=C1)c1ccccn1. The van der Waals surface area contributed by atoms with E-state index in [1.807, 2.05) is 85.1 Å². The van der Waals surface area contributed by atoms with Crippen molar-refractivity contribution < 1.29 is 9.59 Å². The molecule has 0 spiro atoms. The maximum absolute atomic E-state index is 13.6. The smallest absolute Gasteiger partial charge is 0.270 e. The van der Waals surface area contributed by atoms with Gasteiger partial charge in [-0.15, -0.1) is 10.2 Å². The minimum atomic E-state index is -0.489. The highest BCUT2D eigenvalue weighted by atomic mass is 16.2. The van der Waals surface area contributed by atoms with Crippen molar-refractivity contribution in [1.82, 2.24) is 30.0 Å². The Morgan fingerprint density at radius 2 is 1.65 bits per heavy atom. The summed E-state index contributed by atoms with van der Waals surface area (Å²) in [7, 11) is 0. The number of para-hydroxylation sites is 1. The fourth-order valence-electron chi connectivity index (χ4n) is 6.30. The molecular weight excluding hydrogens is 596 g/mol. The van der Waals surface area contributed by atoms with E-state index < -0.39 is 6.04 Å². The Bertz CT molecular complexity index is 2080. The van der Waals surface area contributed by atoms with Crippen LogP contribution >= 0.6 is 0 Å². The number of carbonyl (C=O) groups excluding carboxylic acids is 2. The van der Waals surface area contributed by atoms with E-state index in [4.69, 9.17) is 10.2 Å². The van der Waals surface area contributed by atoms with E-state index in [1.54, 1.807) is 24.4 Å². The van der Waals surface area contributed by atoms with Gasteiger partial charge in [-0.25, -0.2) is 0 Å². The van der Waals surface area contributed by atoms with Gasteiger partial charge in [-0.2, -0.15) is 0 Å². The zero-order valence-electron chi connectivity index (χ0n) is 26.5. The van der Waals surface area contributed by atoms with E-state index in [2.05, 4.69) is 44.1 Å². The molecule has 2 N–H and O–H groups in total. The number of aromatic amines is 1. The highest BCUT2D eigenvalue weighted by Gasteiger charge is 2.27. The molecule has 0 aliphatic heterocycles. The summed E-state index contributed by atoms with van der Waals surface area (Å²) in [5.74, 6) is 1.14. The topological polar surface area (TPSA) is 106 Å². The number of H-pyrrole nitrogens is 1. The number of pyridine rings is 1. The molecule has 0 bridgehead atoms. The number of Topliss-reactive ketones (excluding diaryl/α,β-unsaturated/α-hetero) is 1. The van der Waals surface area contributed by atoms with E-state index in [1.165, 1.54) is 5.56 Å². The van der Waals surface area contributed by atoms with Crippen molar-refractivity contribution in [2.24, 2.45) is 5.92 Å². The average molecular weight is 633 g/mol. The molecule has 0 saturated heterocycles. The number of amides is 1. The van der Waals surface area contributed by atoms with Gasteiger partial charge in [0.1, 0.15) is 11.5 Å². The Labute approximate surface area is 279 Å². The molecule has 0 saturated carbocycles. The van der Waals surface area contributed by atoms with Crippen molar-refractivity contribution in [1.29, 1.82) is 0 Å². The van der Waals surface area contributed by atoms with Gasteiger partial charge in [-0.1, -0.05) is 103 Å². The third-order valence-corrected chi connectivity index (χ3v) is 8.86. The Morgan fingerprint density at radius 3 is 2.42 bits per heavy atom. The molecule has 1 unspecified atom stereocenters. The quantitative estimate of drug-likeness (QED) is 0.141. The number of benzene rings is 3. The van der Waals surface area contributed by atoms with E-state index >= 15 is 0 Å². The maximum atomic E-state index is 13.6. The predicted octanol–water partition coefficient (Wildman–Crippen LogP) is 7.04. The number of fused-ring (bicyclic) bond motifs is 1. The number of nitrogens with zero attached hydrogens (tertiary/aromatic N) is 4. The highest BCUT2D eigenvalue weighted by molar-refractivity contribution is 5.99. The van der Waals surface area contributed by atoms with Crippen molar-refractivity contribution in [3.8, 4) is 0 Å². The molecule has 48 heavy (non-hydrogen) atoms. The zero-order chi connectivity index (χ0) is 32.7. The maximum Gasteiger partial charge on any atom is 0.270 e. The number of hydrogen-bond donors (Lipinski definition) is 2. The Morgan fingerprint density at radius 1 is 0.875 bits per heavy atom. The molecule has 6 aromatic rings. The molecule has 0 radical (unpaired) electrons. The molecule has 1 aliphatic rings. The van der Waals surface area contributed by atoms with Gasteiger partial charge in [-0.3, -0.25) is 14.6 Å². The van der Waals surface area contributed by atoms with Gasteiger partial charge in [-0.05, 0) is 47.7 Å². The van der Waals surface area contributed by atoms with E-state index in [0.717, 1.165) is 39.8 Å². The van der Waals surface area contributed by atoms with Gasteiger partial charge in [0.2, 0.25) is 0 Å². The van der Waals surface area contributed by atoms with Crippen LogP contribution in [0.15, 0.2) is 139 Å². The molecule has 3 aromatic carbocycles. The number of ketones is 1. The van der Waals surface area contributed by atoms with Crippen LogP contribution in [0.1, 0.15) is 56.1 Å². The lowest BCUT2D eigenvalue weighted by Crippen LogP contribution is -2.33. The van der Waals surface area contributed by atoms with Crippen LogP contribution in [0, 0.1) is 5.92 Å². The summed E-state index contributed by atoms with van der Waals surface area (Å²) in [4.78, 5) is 34.4. The summed E-state index contributed by atoms with van der Waals surface area (Å²) in [6, 6.07) is 32.7. The molecule has 238 valence electrons. The van der Waals surface area contributed by atoms with Crippen molar-refractivity contribution >= 4 is 22.6 Å². The second-order valence-electron chi connectivity index (χ2n) is 12.1. The van der Waals surface area contributed by atoms with Gasteiger partial charge < -0.3 is 14.9 Å². The van der Waals surface area contributed by atoms with E-state index in [0.29, 0.717) is 37.3 Å². The van der Waals surface area contributed by atoms with Gasteiger partial charge in [0, 0.05) is 47.6 Å². The van der Waals surface area contributed by atoms with E-state index in [-0.39, 0.29) is 17.6 Å². The summed E-state index contributed by atoms with van der Waals surface area (Å²) in [5.41, 5.74) is 5.43. The van der Waals surface area contributed by atoms with Crippen molar-refractivity contribution in [2.75, 3.05) is 0 Å². The number of hydrogen-bond acceptors (Lipinski definition) is 5. The van der Waals surface area contributed by atoms with Crippen LogP contribution in [0.25, 0.3) is 10.9 Å². The van der Waals surface area contributed by atoms with Gasteiger partial charge in [0.25, 0.3) is 5.91 Å². The molecular formula is C40H36N6O2. The molecule has 1 aliphatic carbocycles. The van der Waals surface area contributed by atoms with Gasteiger partial charge >= 0.3 is 0 Å². The van der Waals surface area contributed by atoms with Crippen LogP contribution in [0.5, 0.6) is 0 Å². The van der Waals surface area contributed by atoms with Crippen LogP contribution in [0.4, 0.5) is 0 Å². The summed E-state index contributed by atoms with van der Waals surface area (Å²) < 4.78 is 2.14. The number of carbonyl (C=O) groups is 2. The normalized spacial score (nSPS) is 14.8. The Balaban J connectivity index is 1.21. The second-order valence-corrected chi connectivity index (χ2v) is 12.1. The van der Waals surface area contributed by atoms with Crippen molar-refractivity contribution in [3.63, 3.8) is 0 Å². The van der Waals surface area contributed by atoms with Crippen molar-refractivity contribution in [3.05, 3.63) is 173 Å². The standard InChI is InChI=1S/C40H36N6O2/c47-38(30-13-5-2-6-14-30)31-21-18-29(19-22-31)27-46-37(23-20-28-11-3-1-4-12-28)44-45-39(46)36(43-40(48)35-17-9-10-24-41-35)25-32-26-42-34-16-8-7-15-33(32)34/h1-19,21,24,26,31,36,42H,20,22-23,25,27H2,(H,43,48)/t31?,36-/m1/s1. The largest absolute Gasteiger partial charge is 0.361 e. The third-order valence-electron chi connectivity index (χ3n) is 8.86. The number of aryl methyl sites for hydroxylation is 2. The lowest BCUT2D eigenvalue weighted by Gasteiger charge is -2.21. The van der Waals surface area contributed by atoms with Crippen LogP contribution in [0.3, 0.4) is 0 Å². The number of aromatic nitrogens is 5. The first kappa shape index (κ1) is 30.7. The summed E-state index contributed by atoms with van der Waals surface area (Å²) in [5, 5.41) is 13.8. The first-order valence-corrected chi connectivity index (χ1v) is 16.3. The summed E-state index contributed by atoms with van der Waals surface area (Å²) in [6.07, 6.45) is 12.4. The Hall–Kier alpha value is -5.89. The van der Waals surface area contributed by atoms with Crippen molar-refractivity contribution in [2.45, 2.75) is 38.3 Å². The molecule has 8 nitrogen and oxygen atoms in total. The lowest BCUT2D eigenvalue weighted by atomic mass is 9.89. The van der Waals surface area contributed by atoms with Crippen LogP contribution in [-0.2, 0) is 25.8 Å². The Kier molecular flexibility index (Phi) is 9.13. The molecule has 8 heteroatoms. The fourth-order valence-corrected chi connectivity index (χ4v) is 6.30. The minimum absolute atomic E-state index is 0.117. The van der Waals surface area contributed by atoms with Gasteiger partial charge in [0.05, 0.1) is 12.6 Å². The first-order chi connectivity index (χ1) is 23.6. The number of allylic oxidation sites excluding steroid dienone is 4. The second kappa shape index (κ2) is 14.3. The summed E-state index contributed by atoms with van der Waals surface area (Å²) >= 11 is 0. The molecule has 7 rings (SSSR count). The molecule has 2 atom stereocenters. The fraction of sp³-hybridized carbons (Fsp3) is 0.175.